The van der Waals surface area contributed by atoms with Gasteiger partial charge in [0.1, 0.15) is 23.7 Å². The second kappa shape index (κ2) is 6.38. The molecule has 0 atom stereocenters. The minimum Gasteiger partial charge on any atom is -0.507 e. The SMILES string of the molecule is Cc1c(-c2cc3cc(OCc4cccs4)ccc3o2)oc(=O)c(C)c1O. The second-order valence-electron chi connectivity index (χ2n) is 6.00. The molecule has 1 aromatic carbocycles. The Morgan fingerprint density at radius 3 is 2.73 bits per heavy atom. The highest BCUT2D eigenvalue weighted by Crippen LogP contribution is 2.34. The summed E-state index contributed by atoms with van der Waals surface area (Å²) in [4.78, 5) is 13.0. The summed E-state index contributed by atoms with van der Waals surface area (Å²) < 4.78 is 16.9. The number of furan rings is 1. The van der Waals surface area contributed by atoms with E-state index in [1.807, 2.05) is 35.7 Å². The van der Waals surface area contributed by atoms with E-state index in [1.54, 1.807) is 24.3 Å². The van der Waals surface area contributed by atoms with Crippen LogP contribution in [-0.2, 0) is 6.61 Å². The predicted molar refractivity (Wildman–Crippen MR) is 100.0 cm³/mol. The third kappa shape index (κ3) is 2.88. The highest BCUT2D eigenvalue weighted by Gasteiger charge is 2.18. The van der Waals surface area contributed by atoms with E-state index in [4.69, 9.17) is 13.6 Å². The molecule has 0 fully saturated rings. The van der Waals surface area contributed by atoms with Crippen LogP contribution >= 0.6 is 11.3 Å². The van der Waals surface area contributed by atoms with E-state index in [1.165, 1.54) is 6.92 Å². The van der Waals surface area contributed by atoms with Crippen molar-refractivity contribution in [1.29, 1.82) is 0 Å². The fourth-order valence-corrected chi connectivity index (χ4v) is 3.35. The Balaban J connectivity index is 1.69. The first-order valence-corrected chi connectivity index (χ1v) is 8.93. The van der Waals surface area contributed by atoms with Gasteiger partial charge in [0, 0.05) is 15.8 Å². The average Bonchev–Trinajstić information content (AvgIpc) is 3.30. The van der Waals surface area contributed by atoms with Crippen LogP contribution in [-0.4, -0.2) is 5.11 Å². The molecule has 0 saturated carbocycles. The molecular formula is C20H16O5S. The summed E-state index contributed by atoms with van der Waals surface area (Å²) in [5.41, 5.74) is 0.719. The van der Waals surface area contributed by atoms with Gasteiger partial charge in [0.15, 0.2) is 11.5 Å². The smallest absolute Gasteiger partial charge is 0.343 e. The second-order valence-corrected chi connectivity index (χ2v) is 7.03. The maximum atomic E-state index is 11.9. The van der Waals surface area contributed by atoms with Crippen LogP contribution in [0.1, 0.15) is 16.0 Å². The first-order valence-electron chi connectivity index (χ1n) is 8.05. The molecule has 0 bridgehead atoms. The standard InChI is InChI=1S/C20H16O5S/c1-11-18(21)12(2)20(22)25-19(11)17-9-13-8-14(5-6-16(13)24-17)23-10-15-4-3-7-26-15/h3-9,21H,10H2,1-2H3. The van der Waals surface area contributed by atoms with Gasteiger partial charge in [0.2, 0.25) is 0 Å². The van der Waals surface area contributed by atoms with Crippen LogP contribution < -0.4 is 10.4 Å². The Kier molecular flexibility index (Phi) is 4.05. The van der Waals surface area contributed by atoms with Crippen LogP contribution in [0.5, 0.6) is 11.5 Å². The summed E-state index contributed by atoms with van der Waals surface area (Å²) in [6, 6.07) is 11.3. The van der Waals surface area contributed by atoms with Gasteiger partial charge in [-0.3, -0.25) is 0 Å². The molecule has 0 aliphatic rings. The molecule has 4 aromatic rings. The summed E-state index contributed by atoms with van der Waals surface area (Å²) in [5.74, 6) is 1.27. The van der Waals surface area contributed by atoms with Crippen molar-refractivity contribution in [2.45, 2.75) is 20.5 Å². The first kappa shape index (κ1) is 16.5. The Morgan fingerprint density at radius 2 is 1.96 bits per heavy atom. The third-order valence-electron chi connectivity index (χ3n) is 4.22. The van der Waals surface area contributed by atoms with Crippen LogP contribution in [0.4, 0.5) is 0 Å². The van der Waals surface area contributed by atoms with E-state index >= 15 is 0 Å². The van der Waals surface area contributed by atoms with Gasteiger partial charge in [0.25, 0.3) is 0 Å². The van der Waals surface area contributed by atoms with Crippen molar-refractivity contribution < 1.29 is 18.7 Å². The highest BCUT2D eigenvalue weighted by molar-refractivity contribution is 7.09. The molecule has 0 unspecified atom stereocenters. The number of hydrogen-bond donors (Lipinski definition) is 1. The summed E-state index contributed by atoms with van der Waals surface area (Å²) in [5, 5.41) is 12.9. The predicted octanol–water partition coefficient (Wildman–Crippen LogP) is 5.02. The lowest BCUT2D eigenvalue weighted by Crippen LogP contribution is -2.05. The molecule has 0 aliphatic heterocycles. The molecule has 26 heavy (non-hydrogen) atoms. The van der Waals surface area contributed by atoms with Crippen LogP contribution in [0.3, 0.4) is 0 Å². The molecule has 0 aliphatic carbocycles. The van der Waals surface area contributed by atoms with Crippen LogP contribution in [0.2, 0.25) is 0 Å². The van der Waals surface area contributed by atoms with Gasteiger partial charge < -0.3 is 18.7 Å². The number of ether oxygens (including phenoxy) is 1. The van der Waals surface area contributed by atoms with Gasteiger partial charge in [-0.2, -0.15) is 0 Å². The zero-order chi connectivity index (χ0) is 18.3. The minimum absolute atomic E-state index is 0.0725. The van der Waals surface area contributed by atoms with Crippen molar-refractivity contribution in [3.8, 4) is 23.0 Å². The van der Waals surface area contributed by atoms with Crippen molar-refractivity contribution in [2.75, 3.05) is 0 Å². The van der Waals surface area contributed by atoms with E-state index < -0.39 is 5.63 Å². The normalized spacial score (nSPS) is 11.2. The van der Waals surface area contributed by atoms with Gasteiger partial charge in [0.05, 0.1) is 5.56 Å². The number of hydrogen-bond acceptors (Lipinski definition) is 6. The van der Waals surface area contributed by atoms with E-state index in [9.17, 15) is 9.90 Å². The molecule has 1 N–H and O–H groups in total. The van der Waals surface area contributed by atoms with Crippen molar-refractivity contribution in [1.82, 2.24) is 0 Å². The van der Waals surface area contributed by atoms with Crippen molar-refractivity contribution in [3.63, 3.8) is 0 Å². The van der Waals surface area contributed by atoms with E-state index in [2.05, 4.69) is 0 Å². The van der Waals surface area contributed by atoms with E-state index in [0.29, 0.717) is 23.5 Å². The lowest BCUT2D eigenvalue weighted by atomic mass is 10.1. The monoisotopic (exact) mass is 368 g/mol. The largest absolute Gasteiger partial charge is 0.507 e. The molecule has 0 radical (unpaired) electrons. The summed E-state index contributed by atoms with van der Waals surface area (Å²) in [6.07, 6.45) is 0. The summed E-state index contributed by atoms with van der Waals surface area (Å²) in [6.45, 7) is 3.71. The number of fused-ring (bicyclic) bond motifs is 1. The van der Waals surface area contributed by atoms with Gasteiger partial charge in [-0.05, 0) is 49.6 Å². The molecule has 0 saturated heterocycles. The van der Waals surface area contributed by atoms with Gasteiger partial charge in [-0.25, -0.2) is 4.79 Å². The van der Waals surface area contributed by atoms with Crippen molar-refractivity contribution in [2.24, 2.45) is 0 Å². The number of aromatic hydroxyl groups is 1. The molecular weight excluding hydrogens is 352 g/mol. The Bertz CT molecular complexity index is 1140. The lowest BCUT2D eigenvalue weighted by Gasteiger charge is -2.05. The van der Waals surface area contributed by atoms with Crippen LogP contribution in [0.25, 0.3) is 22.5 Å². The summed E-state index contributed by atoms with van der Waals surface area (Å²) >= 11 is 1.64. The molecule has 0 spiro atoms. The number of rotatable bonds is 4. The average molecular weight is 368 g/mol. The topological polar surface area (TPSA) is 72.8 Å². The quantitative estimate of drug-likeness (QED) is 0.548. The Labute approximate surface area is 153 Å². The maximum absolute atomic E-state index is 11.9. The minimum atomic E-state index is -0.580. The van der Waals surface area contributed by atoms with Crippen molar-refractivity contribution in [3.05, 3.63) is 68.2 Å². The molecule has 4 rings (SSSR count). The first-order chi connectivity index (χ1) is 12.5. The molecule has 6 heteroatoms. The zero-order valence-corrected chi connectivity index (χ0v) is 15.1. The van der Waals surface area contributed by atoms with Crippen molar-refractivity contribution >= 4 is 22.3 Å². The maximum Gasteiger partial charge on any atom is 0.343 e. The van der Waals surface area contributed by atoms with E-state index in [0.717, 1.165) is 16.0 Å². The van der Waals surface area contributed by atoms with Crippen LogP contribution in [0.15, 0.2) is 55.4 Å². The highest BCUT2D eigenvalue weighted by atomic mass is 32.1. The summed E-state index contributed by atoms with van der Waals surface area (Å²) in [7, 11) is 0. The van der Waals surface area contributed by atoms with Gasteiger partial charge in [-0.1, -0.05) is 6.07 Å². The van der Waals surface area contributed by atoms with Gasteiger partial charge >= 0.3 is 5.63 Å². The Morgan fingerprint density at radius 1 is 1.12 bits per heavy atom. The molecule has 132 valence electrons. The van der Waals surface area contributed by atoms with E-state index in [-0.39, 0.29) is 17.1 Å². The fraction of sp³-hybridized carbons (Fsp3) is 0.150. The Hall–Kier alpha value is -2.99. The third-order valence-corrected chi connectivity index (χ3v) is 5.07. The fourth-order valence-electron chi connectivity index (χ4n) is 2.74. The van der Waals surface area contributed by atoms with Crippen LogP contribution in [0, 0.1) is 13.8 Å². The molecule has 0 amide bonds. The number of benzene rings is 1. The van der Waals surface area contributed by atoms with Gasteiger partial charge in [-0.15, -0.1) is 11.3 Å². The molecule has 5 nitrogen and oxygen atoms in total. The molecule has 3 heterocycles. The molecule has 3 aromatic heterocycles. The lowest BCUT2D eigenvalue weighted by molar-refractivity contribution is 0.310. The zero-order valence-electron chi connectivity index (χ0n) is 14.2. The number of thiophene rings is 1.